The first-order valence-corrected chi connectivity index (χ1v) is 10.6. The van der Waals surface area contributed by atoms with Gasteiger partial charge in [-0.3, -0.25) is 0 Å². The van der Waals surface area contributed by atoms with Crippen molar-refractivity contribution in [3.63, 3.8) is 0 Å². The molecule has 162 valence electrons. The standard InChI is InChI=1S/C23H29NO5S/c1-7-19(29-22(25)16-11-9-8-10-12-16)21(24-30(26)23(2,3)4)18-14-13-17(27-5)15-20(18)28-6/h7-15,19,21,24H,1H2,2-6H3/t19-,21+,30?/m1/s1. The van der Waals surface area contributed by atoms with E-state index in [2.05, 4.69) is 11.3 Å². The number of benzene rings is 2. The van der Waals surface area contributed by atoms with Gasteiger partial charge in [0.1, 0.15) is 17.6 Å². The molecule has 6 nitrogen and oxygen atoms in total. The second kappa shape index (κ2) is 10.4. The van der Waals surface area contributed by atoms with Gasteiger partial charge in [0.05, 0.1) is 41.6 Å². The van der Waals surface area contributed by atoms with Gasteiger partial charge in [0.15, 0.2) is 0 Å². The number of nitrogens with one attached hydrogen (secondary N) is 1. The summed E-state index contributed by atoms with van der Waals surface area (Å²) in [6.45, 7) is 9.41. The summed E-state index contributed by atoms with van der Waals surface area (Å²) in [4.78, 5) is 12.7. The highest BCUT2D eigenvalue weighted by Gasteiger charge is 2.32. The van der Waals surface area contributed by atoms with E-state index < -0.39 is 33.8 Å². The third-order valence-electron chi connectivity index (χ3n) is 4.38. The summed E-state index contributed by atoms with van der Waals surface area (Å²) < 4.78 is 32.0. The SMILES string of the molecule is C=C[C@@H](OC(=O)c1ccccc1)[C@@H](NS(=O)C(C)(C)C)c1ccc(OC)cc1OC. The molecular weight excluding hydrogens is 402 g/mol. The van der Waals surface area contributed by atoms with Crippen molar-refractivity contribution >= 4 is 17.0 Å². The highest BCUT2D eigenvalue weighted by molar-refractivity contribution is 7.84. The quantitative estimate of drug-likeness (QED) is 0.476. The molecule has 2 aromatic rings. The lowest BCUT2D eigenvalue weighted by molar-refractivity contribution is 0.0335. The molecule has 0 aliphatic heterocycles. The van der Waals surface area contributed by atoms with Gasteiger partial charge in [-0.1, -0.05) is 24.8 Å². The summed E-state index contributed by atoms with van der Waals surface area (Å²) in [5.41, 5.74) is 1.09. The summed E-state index contributed by atoms with van der Waals surface area (Å²) in [6.07, 6.45) is 0.716. The van der Waals surface area contributed by atoms with Gasteiger partial charge in [-0.25, -0.2) is 13.7 Å². The first-order valence-electron chi connectivity index (χ1n) is 9.49. The number of ether oxygens (including phenoxy) is 3. The molecule has 2 rings (SSSR count). The Morgan fingerprint density at radius 1 is 1.10 bits per heavy atom. The highest BCUT2D eigenvalue weighted by Crippen LogP contribution is 2.33. The maximum Gasteiger partial charge on any atom is 0.338 e. The maximum absolute atomic E-state index is 12.9. The maximum atomic E-state index is 12.9. The second-order valence-electron chi connectivity index (χ2n) is 7.56. The number of carbonyl (C=O) groups is 1. The molecule has 0 aliphatic rings. The molecule has 30 heavy (non-hydrogen) atoms. The topological polar surface area (TPSA) is 73.9 Å². The number of carbonyl (C=O) groups excluding carboxylic acids is 1. The molecule has 0 saturated carbocycles. The van der Waals surface area contributed by atoms with Crippen LogP contribution in [-0.2, 0) is 15.7 Å². The molecule has 0 bridgehead atoms. The molecule has 1 unspecified atom stereocenters. The molecule has 0 aliphatic carbocycles. The molecule has 2 aromatic carbocycles. The molecule has 0 spiro atoms. The number of esters is 1. The van der Waals surface area contributed by atoms with E-state index in [1.807, 2.05) is 26.8 Å². The molecular formula is C23H29NO5S. The van der Waals surface area contributed by atoms with E-state index in [9.17, 15) is 9.00 Å². The van der Waals surface area contributed by atoms with Crippen LogP contribution in [0.2, 0.25) is 0 Å². The van der Waals surface area contributed by atoms with Crippen molar-refractivity contribution in [3.05, 3.63) is 72.3 Å². The van der Waals surface area contributed by atoms with Gasteiger partial charge in [-0.2, -0.15) is 0 Å². The largest absolute Gasteiger partial charge is 0.497 e. The number of rotatable bonds is 9. The Morgan fingerprint density at radius 2 is 1.77 bits per heavy atom. The van der Waals surface area contributed by atoms with Gasteiger partial charge in [-0.15, -0.1) is 0 Å². The highest BCUT2D eigenvalue weighted by atomic mass is 32.2. The van der Waals surface area contributed by atoms with Crippen molar-refractivity contribution in [2.75, 3.05) is 14.2 Å². The molecule has 0 heterocycles. The van der Waals surface area contributed by atoms with E-state index in [1.54, 1.807) is 49.6 Å². The Kier molecular flexibility index (Phi) is 8.20. The van der Waals surface area contributed by atoms with Crippen LogP contribution in [0.1, 0.15) is 42.7 Å². The van der Waals surface area contributed by atoms with Gasteiger partial charge in [-0.05, 0) is 51.1 Å². The third-order valence-corrected chi connectivity index (χ3v) is 5.96. The summed E-state index contributed by atoms with van der Waals surface area (Å²) in [6, 6.07) is 13.3. The summed E-state index contributed by atoms with van der Waals surface area (Å²) in [5.74, 6) is 0.629. The van der Waals surface area contributed by atoms with Gasteiger partial charge in [0.2, 0.25) is 0 Å². The van der Waals surface area contributed by atoms with Gasteiger partial charge < -0.3 is 14.2 Å². The molecule has 3 atom stereocenters. The fourth-order valence-corrected chi connectivity index (χ4v) is 3.54. The van der Waals surface area contributed by atoms with Crippen LogP contribution in [0.5, 0.6) is 11.5 Å². The first kappa shape index (κ1) is 23.6. The molecule has 0 saturated heterocycles. The van der Waals surface area contributed by atoms with Crippen LogP contribution in [0, 0.1) is 0 Å². The van der Waals surface area contributed by atoms with Crippen LogP contribution < -0.4 is 14.2 Å². The van der Waals surface area contributed by atoms with Gasteiger partial charge >= 0.3 is 5.97 Å². The Bertz CT molecular complexity index is 892. The molecule has 7 heteroatoms. The van der Waals surface area contributed by atoms with Gasteiger partial charge in [0.25, 0.3) is 0 Å². The van der Waals surface area contributed by atoms with Crippen LogP contribution in [0.25, 0.3) is 0 Å². The Hall–Kier alpha value is -2.64. The van der Waals surface area contributed by atoms with E-state index in [1.165, 1.54) is 13.2 Å². The van der Waals surface area contributed by atoms with E-state index >= 15 is 0 Å². The summed E-state index contributed by atoms with van der Waals surface area (Å²) in [5, 5.41) is 0. The predicted octanol–water partition coefficient (Wildman–Crippen LogP) is 4.21. The summed E-state index contributed by atoms with van der Waals surface area (Å²) in [7, 11) is 1.66. The molecule has 1 N–H and O–H groups in total. The van der Waals surface area contributed by atoms with Gasteiger partial charge in [0, 0.05) is 11.6 Å². The van der Waals surface area contributed by atoms with E-state index in [4.69, 9.17) is 14.2 Å². The third kappa shape index (κ3) is 5.93. The smallest absolute Gasteiger partial charge is 0.338 e. The lowest BCUT2D eigenvalue weighted by Crippen LogP contribution is -2.41. The van der Waals surface area contributed by atoms with Crippen molar-refractivity contribution in [1.82, 2.24) is 4.72 Å². The summed E-state index contributed by atoms with van der Waals surface area (Å²) >= 11 is 0. The average molecular weight is 432 g/mol. The number of methoxy groups -OCH3 is 2. The van der Waals surface area contributed by atoms with Crippen molar-refractivity contribution in [2.24, 2.45) is 0 Å². The Balaban J connectivity index is 2.45. The first-order chi connectivity index (χ1) is 14.2. The molecule has 0 amide bonds. The van der Waals surface area contributed by atoms with Crippen LogP contribution in [0.4, 0.5) is 0 Å². The zero-order chi connectivity index (χ0) is 22.3. The van der Waals surface area contributed by atoms with Crippen molar-refractivity contribution in [3.8, 4) is 11.5 Å². The lowest BCUT2D eigenvalue weighted by atomic mass is 10.0. The van der Waals surface area contributed by atoms with E-state index in [0.717, 1.165) is 0 Å². The minimum absolute atomic E-state index is 0.418. The zero-order valence-electron chi connectivity index (χ0n) is 18.0. The predicted molar refractivity (Wildman–Crippen MR) is 119 cm³/mol. The molecule has 0 fully saturated rings. The number of hydrogen-bond acceptors (Lipinski definition) is 5. The molecule has 0 aromatic heterocycles. The van der Waals surface area contributed by atoms with Crippen LogP contribution in [0.15, 0.2) is 61.2 Å². The fourth-order valence-electron chi connectivity index (χ4n) is 2.69. The average Bonchev–Trinajstić information content (AvgIpc) is 2.75. The van der Waals surface area contributed by atoms with Crippen LogP contribution >= 0.6 is 0 Å². The Labute approximate surface area is 180 Å². The minimum atomic E-state index is -1.44. The Morgan fingerprint density at radius 3 is 2.30 bits per heavy atom. The van der Waals surface area contributed by atoms with Crippen molar-refractivity contribution < 1.29 is 23.2 Å². The minimum Gasteiger partial charge on any atom is -0.497 e. The van der Waals surface area contributed by atoms with Crippen molar-refractivity contribution in [1.29, 1.82) is 0 Å². The fraction of sp³-hybridized carbons (Fsp3) is 0.348. The van der Waals surface area contributed by atoms with E-state index in [0.29, 0.717) is 22.6 Å². The lowest BCUT2D eigenvalue weighted by Gasteiger charge is -2.30. The van der Waals surface area contributed by atoms with E-state index in [-0.39, 0.29) is 0 Å². The second-order valence-corrected chi connectivity index (χ2v) is 9.55. The normalized spacial score (nSPS) is 14.3. The number of hydrogen-bond donors (Lipinski definition) is 1. The molecule has 0 radical (unpaired) electrons. The van der Waals surface area contributed by atoms with Crippen LogP contribution in [0.3, 0.4) is 0 Å². The zero-order valence-corrected chi connectivity index (χ0v) is 18.8. The van der Waals surface area contributed by atoms with Crippen molar-refractivity contribution in [2.45, 2.75) is 37.7 Å². The monoisotopic (exact) mass is 431 g/mol. The van der Waals surface area contributed by atoms with Crippen LogP contribution in [-0.4, -0.2) is 35.2 Å².